The van der Waals surface area contributed by atoms with Gasteiger partial charge in [-0.25, -0.2) is 13.1 Å². The van der Waals surface area contributed by atoms with Gasteiger partial charge in [0.25, 0.3) is 0 Å². The molecule has 0 bridgehead atoms. The number of hydrogen-bond acceptors (Lipinski definition) is 3. The van der Waals surface area contributed by atoms with Gasteiger partial charge < -0.3 is 4.90 Å². The number of benzene rings is 1. The highest BCUT2D eigenvalue weighted by Gasteiger charge is 2.32. The van der Waals surface area contributed by atoms with Crippen molar-refractivity contribution in [3.8, 4) is 0 Å². The van der Waals surface area contributed by atoms with Crippen molar-refractivity contribution < 1.29 is 13.2 Å². The van der Waals surface area contributed by atoms with E-state index in [1.165, 1.54) is 6.92 Å². The molecule has 1 aliphatic heterocycles. The van der Waals surface area contributed by atoms with Gasteiger partial charge in [0.1, 0.15) is 0 Å². The van der Waals surface area contributed by atoms with Crippen LogP contribution in [0.5, 0.6) is 0 Å². The Kier molecular flexibility index (Phi) is 3.41. The van der Waals surface area contributed by atoms with E-state index in [9.17, 15) is 13.2 Å². The van der Waals surface area contributed by atoms with Gasteiger partial charge in [-0.2, -0.15) is 0 Å². The molecule has 1 N–H and O–H groups in total. The maximum Gasteiger partial charge on any atom is 0.240 e. The Morgan fingerprint density at radius 1 is 1.39 bits per heavy atom. The minimum atomic E-state index is -3.48. The molecule has 1 amide bonds. The van der Waals surface area contributed by atoms with Crippen molar-refractivity contribution in [2.45, 2.75) is 24.8 Å². The average Bonchev–Trinajstić information content (AvgIpc) is 2.22. The number of nitrogens with zero attached hydrogens (tertiary/aromatic N) is 1. The quantitative estimate of drug-likeness (QED) is 0.868. The summed E-state index contributed by atoms with van der Waals surface area (Å²) < 4.78 is 26.7. The lowest BCUT2D eigenvalue weighted by atomic mass is 10.1. The molecular formula is C12H16N2O3S. The van der Waals surface area contributed by atoms with E-state index in [2.05, 4.69) is 4.72 Å². The number of carbonyl (C=O) groups is 1. The number of carbonyl (C=O) groups excluding carboxylic acids is 1. The van der Waals surface area contributed by atoms with Crippen LogP contribution in [0.2, 0.25) is 0 Å². The predicted octanol–water partition coefficient (Wildman–Crippen LogP) is 0.504. The van der Waals surface area contributed by atoms with E-state index in [-0.39, 0.29) is 16.8 Å². The average molecular weight is 268 g/mol. The van der Waals surface area contributed by atoms with E-state index in [1.54, 1.807) is 23.1 Å². The lowest BCUT2D eigenvalue weighted by Gasteiger charge is -2.38. The topological polar surface area (TPSA) is 66.5 Å². The Morgan fingerprint density at radius 3 is 2.61 bits per heavy atom. The van der Waals surface area contributed by atoms with E-state index in [0.29, 0.717) is 13.1 Å². The first-order valence-corrected chi connectivity index (χ1v) is 7.21. The summed E-state index contributed by atoms with van der Waals surface area (Å²) in [6, 6.07) is 6.58. The molecule has 1 heterocycles. The van der Waals surface area contributed by atoms with Crippen molar-refractivity contribution in [3.05, 3.63) is 29.8 Å². The number of amides is 1. The summed E-state index contributed by atoms with van der Waals surface area (Å²) in [5.74, 6) is -0.0268. The first-order valence-electron chi connectivity index (χ1n) is 5.73. The van der Waals surface area contributed by atoms with Crippen LogP contribution in [0, 0.1) is 6.92 Å². The van der Waals surface area contributed by atoms with Crippen LogP contribution in [0.15, 0.2) is 29.2 Å². The SMILES string of the molecule is CC(=O)N1CC(NS(=O)(=O)c2cccc(C)c2)C1. The highest BCUT2D eigenvalue weighted by atomic mass is 32.2. The maximum absolute atomic E-state index is 12.0. The third-order valence-electron chi connectivity index (χ3n) is 2.95. The summed E-state index contributed by atoms with van der Waals surface area (Å²) in [5, 5.41) is 0. The van der Waals surface area contributed by atoms with Crippen LogP contribution in [-0.2, 0) is 14.8 Å². The molecule has 98 valence electrons. The fourth-order valence-electron chi connectivity index (χ4n) is 1.88. The van der Waals surface area contributed by atoms with E-state index in [0.717, 1.165) is 5.56 Å². The summed E-state index contributed by atoms with van der Waals surface area (Å²) in [6.07, 6.45) is 0. The minimum absolute atomic E-state index is 0.0268. The third-order valence-corrected chi connectivity index (χ3v) is 4.47. The Bertz CT molecular complexity index is 562. The van der Waals surface area contributed by atoms with Crippen molar-refractivity contribution in [2.75, 3.05) is 13.1 Å². The van der Waals surface area contributed by atoms with Crippen LogP contribution in [0.25, 0.3) is 0 Å². The Morgan fingerprint density at radius 2 is 2.06 bits per heavy atom. The normalized spacial score (nSPS) is 16.4. The first-order chi connectivity index (χ1) is 8.38. The second kappa shape index (κ2) is 4.70. The van der Waals surface area contributed by atoms with Gasteiger partial charge >= 0.3 is 0 Å². The van der Waals surface area contributed by atoms with Crippen LogP contribution < -0.4 is 4.72 Å². The number of rotatable bonds is 3. The van der Waals surface area contributed by atoms with Crippen molar-refractivity contribution in [2.24, 2.45) is 0 Å². The molecule has 1 fully saturated rings. The molecule has 6 heteroatoms. The molecule has 1 aliphatic rings. The van der Waals surface area contributed by atoms with Crippen LogP contribution in [0.1, 0.15) is 12.5 Å². The number of likely N-dealkylation sites (tertiary alicyclic amines) is 1. The second-order valence-corrected chi connectivity index (χ2v) is 6.27. The molecule has 0 saturated carbocycles. The molecule has 0 spiro atoms. The molecule has 0 atom stereocenters. The molecule has 2 rings (SSSR count). The summed E-state index contributed by atoms with van der Waals surface area (Å²) in [5.41, 5.74) is 0.900. The fourth-order valence-corrected chi connectivity index (χ4v) is 3.20. The van der Waals surface area contributed by atoms with Gasteiger partial charge in [0, 0.05) is 20.0 Å². The van der Waals surface area contributed by atoms with Crippen LogP contribution in [-0.4, -0.2) is 38.4 Å². The monoisotopic (exact) mass is 268 g/mol. The van der Waals surface area contributed by atoms with Crippen molar-refractivity contribution in [1.29, 1.82) is 0 Å². The minimum Gasteiger partial charge on any atom is -0.340 e. The van der Waals surface area contributed by atoms with Crippen LogP contribution in [0.4, 0.5) is 0 Å². The standard InChI is InChI=1S/C12H16N2O3S/c1-9-4-3-5-12(6-9)18(16,17)13-11-7-14(8-11)10(2)15/h3-6,11,13H,7-8H2,1-2H3. The lowest BCUT2D eigenvalue weighted by Crippen LogP contribution is -2.60. The highest BCUT2D eigenvalue weighted by molar-refractivity contribution is 7.89. The Balaban J connectivity index is 2.03. The zero-order valence-electron chi connectivity index (χ0n) is 10.4. The fraction of sp³-hybridized carbons (Fsp3) is 0.417. The van der Waals surface area contributed by atoms with Crippen molar-refractivity contribution in [1.82, 2.24) is 9.62 Å². The van der Waals surface area contributed by atoms with Gasteiger partial charge in [-0.3, -0.25) is 4.79 Å². The van der Waals surface area contributed by atoms with Crippen molar-refractivity contribution in [3.63, 3.8) is 0 Å². The Labute approximate surface area is 107 Å². The zero-order chi connectivity index (χ0) is 13.3. The van der Waals surface area contributed by atoms with Crippen LogP contribution >= 0.6 is 0 Å². The second-order valence-electron chi connectivity index (χ2n) is 4.56. The largest absolute Gasteiger partial charge is 0.340 e. The summed E-state index contributed by atoms with van der Waals surface area (Å²) >= 11 is 0. The molecule has 0 aliphatic carbocycles. The van der Waals surface area contributed by atoms with Gasteiger partial charge in [0.05, 0.1) is 10.9 Å². The lowest BCUT2D eigenvalue weighted by molar-refractivity contribution is -0.133. The summed E-state index contributed by atoms with van der Waals surface area (Å²) in [7, 11) is -3.48. The maximum atomic E-state index is 12.0. The number of nitrogens with one attached hydrogen (secondary N) is 1. The van der Waals surface area contributed by atoms with Gasteiger partial charge in [0.2, 0.25) is 15.9 Å². The number of hydrogen-bond donors (Lipinski definition) is 1. The Hall–Kier alpha value is -1.40. The summed E-state index contributed by atoms with van der Waals surface area (Å²) in [6.45, 7) is 4.21. The van der Waals surface area contributed by atoms with Gasteiger partial charge in [-0.05, 0) is 24.6 Å². The van der Waals surface area contributed by atoms with E-state index in [4.69, 9.17) is 0 Å². The molecule has 1 aromatic rings. The number of sulfonamides is 1. The molecule has 1 saturated heterocycles. The van der Waals surface area contributed by atoms with E-state index in [1.807, 2.05) is 13.0 Å². The highest BCUT2D eigenvalue weighted by Crippen LogP contribution is 2.14. The van der Waals surface area contributed by atoms with Gasteiger partial charge in [-0.1, -0.05) is 12.1 Å². The molecule has 5 nitrogen and oxygen atoms in total. The number of aryl methyl sites for hydroxylation is 1. The van der Waals surface area contributed by atoms with Gasteiger partial charge in [0.15, 0.2) is 0 Å². The molecule has 0 unspecified atom stereocenters. The van der Waals surface area contributed by atoms with Gasteiger partial charge in [-0.15, -0.1) is 0 Å². The molecule has 0 aromatic heterocycles. The van der Waals surface area contributed by atoms with E-state index < -0.39 is 10.0 Å². The third kappa shape index (κ3) is 2.70. The molecule has 1 aromatic carbocycles. The molecule has 18 heavy (non-hydrogen) atoms. The van der Waals surface area contributed by atoms with Crippen molar-refractivity contribution >= 4 is 15.9 Å². The van der Waals surface area contributed by atoms with E-state index >= 15 is 0 Å². The molecule has 0 radical (unpaired) electrons. The summed E-state index contributed by atoms with van der Waals surface area (Å²) in [4.78, 5) is 12.9. The molecular weight excluding hydrogens is 252 g/mol. The predicted molar refractivity (Wildman–Crippen MR) is 67.5 cm³/mol. The smallest absolute Gasteiger partial charge is 0.240 e. The van der Waals surface area contributed by atoms with Crippen LogP contribution in [0.3, 0.4) is 0 Å². The zero-order valence-corrected chi connectivity index (χ0v) is 11.2. The first kappa shape index (κ1) is 13.0.